The summed E-state index contributed by atoms with van der Waals surface area (Å²) in [7, 11) is -2.32. The van der Waals surface area contributed by atoms with Gasteiger partial charge in [-0.15, -0.1) is 0 Å². The summed E-state index contributed by atoms with van der Waals surface area (Å²) in [5.74, 6) is -0.418. The lowest BCUT2D eigenvalue weighted by molar-refractivity contribution is -0.116. The number of hydrogen-bond donors (Lipinski definition) is 1. The van der Waals surface area contributed by atoms with Crippen molar-refractivity contribution in [3.63, 3.8) is 0 Å². The summed E-state index contributed by atoms with van der Waals surface area (Å²) in [5.41, 5.74) is 1.44. The molecule has 0 fully saturated rings. The molecule has 0 spiro atoms. The van der Waals surface area contributed by atoms with Crippen molar-refractivity contribution in [2.45, 2.75) is 4.90 Å². The molecule has 0 unspecified atom stereocenters. The Morgan fingerprint density at radius 2 is 1.77 bits per heavy atom. The average molecular weight is 370 g/mol. The van der Waals surface area contributed by atoms with Gasteiger partial charge in [0.15, 0.2) is 0 Å². The smallest absolute Gasteiger partial charge is 0.243 e. The fraction of sp³-hybridized carbons (Fsp3) is 0.111. The number of carbonyl (C=O) groups is 1. The molecule has 1 N–H and O–H groups in total. The van der Waals surface area contributed by atoms with E-state index in [1.807, 2.05) is 24.4 Å². The Labute approximate surface area is 151 Å². The van der Waals surface area contributed by atoms with Gasteiger partial charge < -0.3 is 5.32 Å². The van der Waals surface area contributed by atoms with Gasteiger partial charge in [-0.1, -0.05) is 18.2 Å². The number of nitrogens with zero attached hydrogens (tertiary/aromatic N) is 3. The van der Waals surface area contributed by atoms with Crippen molar-refractivity contribution in [2.75, 3.05) is 18.9 Å². The van der Waals surface area contributed by atoms with Crippen molar-refractivity contribution >= 4 is 21.6 Å². The molecule has 0 saturated heterocycles. The van der Waals surface area contributed by atoms with Crippen LogP contribution in [0.2, 0.25) is 0 Å². The zero-order valence-corrected chi connectivity index (χ0v) is 14.9. The van der Waals surface area contributed by atoms with Gasteiger partial charge in [0.1, 0.15) is 0 Å². The highest BCUT2D eigenvalue weighted by Gasteiger charge is 2.22. The van der Waals surface area contributed by atoms with Crippen LogP contribution in [0, 0.1) is 0 Å². The van der Waals surface area contributed by atoms with Crippen LogP contribution < -0.4 is 5.32 Å². The Morgan fingerprint density at radius 1 is 1.08 bits per heavy atom. The summed E-state index contributed by atoms with van der Waals surface area (Å²) in [6.45, 7) is -0.280. The third-order valence-corrected chi connectivity index (χ3v) is 5.56. The summed E-state index contributed by atoms with van der Waals surface area (Å²) in [6.07, 6.45) is 3.50. The highest BCUT2D eigenvalue weighted by Crippen LogP contribution is 2.15. The van der Waals surface area contributed by atoms with Crippen molar-refractivity contribution < 1.29 is 13.2 Å². The Morgan fingerprint density at radius 3 is 2.38 bits per heavy atom. The van der Waals surface area contributed by atoms with E-state index in [9.17, 15) is 13.2 Å². The standard InChI is InChI=1S/C18H18N4O3S/c1-21(26(24,25)17-6-3-2-4-7-17)14-18(23)20-15-8-10-16(11-9-15)22-13-5-12-19-22/h2-13H,14H2,1H3,(H,20,23). The Balaban J connectivity index is 1.63. The van der Waals surface area contributed by atoms with Gasteiger partial charge in [-0.05, 0) is 42.5 Å². The van der Waals surface area contributed by atoms with Crippen molar-refractivity contribution in [1.82, 2.24) is 14.1 Å². The highest BCUT2D eigenvalue weighted by molar-refractivity contribution is 7.89. The van der Waals surface area contributed by atoms with E-state index in [0.717, 1.165) is 9.99 Å². The largest absolute Gasteiger partial charge is 0.325 e. The van der Waals surface area contributed by atoms with E-state index in [1.54, 1.807) is 41.2 Å². The number of aromatic nitrogens is 2. The van der Waals surface area contributed by atoms with Crippen LogP contribution in [0.3, 0.4) is 0 Å². The molecule has 3 rings (SSSR count). The molecule has 0 radical (unpaired) electrons. The van der Waals surface area contributed by atoms with E-state index in [2.05, 4.69) is 10.4 Å². The zero-order chi connectivity index (χ0) is 18.6. The Hall–Kier alpha value is -2.97. The molecule has 134 valence electrons. The quantitative estimate of drug-likeness (QED) is 0.720. The van der Waals surface area contributed by atoms with Gasteiger partial charge in [0.05, 0.1) is 17.1 Å². The highest BCUT2D eigenvalue weighted by atomic mass is 32.2. The van der Waals surface area contributed by atoms with Gasteiger partial charge in [0, 0.05) is 25.1 Å². The second kappa shape index (κ2) is 7.51. The summed E-state index contributed by atoms with van der Waals surface area (Å²) < 4.78 is 27.6. The van der Waals surface area contributed by atoms with E-state index in [-0.39, 0.29) is 11.4 Å². The lowest BCUT2D eigenvalue weighted by atomic mass is 10.3. The summed E-state index contributed by atoms with van der Waals surface area (Å²) in [5, 5.41) is 6.82. The minimum absolute atomic E-state index is 0.152. The third-order valence-electron chi connectivity index (χ3n) is 3.74. The molecule has 0 aliphatic carbocycles. The predicted octanol–water partition coefficient (Wildman–Crippen LogP) is 2.13. The second-order valence-electron chi connectivity index (χ2n) is 5.62. The van der Waals surface area contributed by atoms with E-state index >= 15 is 0 Å². The molecule has 0 aliphatic rings. The molecule has 1 heterocycles. The topological polar surface area (TPSA) is 84.3 Å². The molecule has 0 aliphatic heterocycles. The van der Waals surface area contributed by atoms with Gasteiger partial charge in [-0.2, -0.15) is 9.40 Å². The Bertz CT molecular complexity index is 969. The van der Waals surface area contributed by atoms with Crippen molar-refractivity contribution in [3.8, 4) is 5.69 Å². The summed E-state index contributed by atoms with van der Waals surface area (Å²) in [6, 6.07) is 16.9. The van der Waals surface area contributed by atoms with Gasteiger partial charge >= 0.3 is 0 Å². The number of benzene rings is 2. The number of hydrogen-bond acceptors (Lipinski definition) is 4. The fourth-order valence-electron chi connectivity index (χ4n) is 2.38. The fourth-order valence-corrected chi connectivity index (χ4v) is 3.53. The maximum Gasteiger partial charge on any atom is 0.243 e. The normalized spacial score (nSPS) is 11.5. The minimum Gasteiger partial charge on any atom is -0.325 e. The van der Waals surface area contributed by atoms with Crippen LogP contribution >= 0.6 is 0 Å². The van der Waals surface area contributed by atoms with Crippen LogP contribution in [0.4, 0.5) is 5.69 Å². The number of amides is 1. The van der Waals surface area contributed by atoms with Crippen molar-refractivity contribution in [2.24, 2.45) is 0 Å². The molecule has 8 heteroatoms. The number of sulfonamides is 1. The zero-order valence-electron chi connectivity index (χ0n) is 14.1. The lowest BCUT2D eigenvalue weighted by Gasteiger charge is -2.17. The summed E-state index contributed by atoms with van der Waals surface area (Å²) in [4.78, 5) is 12.3. The maximum atomic E-state index is 12.4. The monoisotopic (exact) mass is 370 g/mol. The first-order valence-electron chi connectivity index (χ1n) is 7.88. The summed E-state index contributed by atoms with van der Waals surface area (Å²) >= 11 is 0. The number of anilines is 1. The molecule has 0 atom stereocenters. The average Bonchev–Trinajstić information content (AvgIpc) is 3.17. The minimum atomic E-state index is -3.70. The van der Waals surface area contributed by atoms with Crippen LogP contribution in [0.5, 0.6) is 0 Å². The molecule has 7 nitrogen and oxygen atoms in total. The molecule has 2 aromatic carbocycles. The molecule has 1 amide bonds. The molecule has 0 bridgehead atoms. The molecule has 3 aromatic rings. The van der Waals surface area contributed by atoms with Crippen molar-refractivity contribution in [1.29, 1.82) is 0 Å². The number of rotatable bonds is 6. The number of nitrogens with one attached hydrogen (secondary N) is 1. The van der Waals surface area contributed by atoms with E-state index in [1.165, 1.54) is 19.2 Å². The predicted molar refractivity (Wildman–Crippen MR) is 98.5 cm³/mol. The van der Waals surface area contributed by atoms with E-state index in [4.69, 9.17) is 0 Å². The van der Waals surface area contributed by atoms with Crippen LogP contribution in [-0.2, 0) is 14.8 Å². The van der Waals surface area contributed by atoms with E-state index in [0.29, 0.717) is 5.69 Å². The van der Waals surface area contributed by atoms with Gasteiger partial charge in [0.25, 0.3) is 0 Å². The van der Waals surface area contributed by atoms with Crippen LogP contribution in [0.1, 0.15) is 0 Å². The number of carbonyl (C=O) groups excluding carboxylic acids is 1. The van der Waals surface area contributed by atoms with Crippen LogP contribution in [0.15, 0.2) is 78.0 Å². The van der Waals surface area contributed by atoms with Crippen LogP contribution in [-0.4, -0.2) is 42.0 Å². The maximum absolute atomic E-state index is 12.4. The second-order valence-corrected chi connectivity index (χ2v) is 7.66. The molecular formula is C18H18N4O3S. The molecule has 1 aromatic heterocycles. The van der Waals surface area contributed by atoms with Crippen molar-refractivity contribution in [3.05, 3.63) is 73.1 Å². The molecule has 26 heavy (non-hydrogen) atoms. The van der Waals surface area contributed by atoms with Gasteiger partial charge in [0.2, 0.25) is 15.9 Å². The molecular weight excluding hydrogens is 352 g/mol. The van der Waals surface area contributed by atoms with E-state index < -0.39 is 15.9 Å². The molecule has 0 saturated carbocycles. The van der Waals surface area contributed by atoms with Gasteiger partial charge in [-0.3, -0.25) is 4.79 Å². The number of likely N-dealkylation sites (N-methyl/N-ethyl adjacent to an activating group) is 1. The third kappa shape index (κ3) is 3.98. The first kappa shape index (κ1) is 17.8. The Kier molecular flexibility index (Phi) is 5.15. The first-order chi connectivity index (χ1) is 12.5. The first-order valence-corrected chi connectivity index (χ1v) is 9.32. The lowest BCUT2D eigenvalue weighted by Crippen LogP contribution is -2.34. The SMILES string of the molecule is CN(CC(=O)Nc1ccc(-n2cccn2)cc1)S(=O)(=O)c1ccccc1. The van der Waals surface area contributed by atoms with Gasteiger partial charge in [-0.25, -0.2) is 13.1 Å². The van der Waals surface area contributed by atoms with Crippen LogP contribution in [0.25, 0.3) is 5.69 Å².